The molecular weight excluding hydrogens is 466 g/mol. The van der Waals surface area contributed by atoms with Crippen LogP contribution in [0, 0.1) is 0 Å². The van der Waals surface area contributed by atoms with Crippen LogP contribution >= 0.6 is 0 Å². The van der Waals surface area contributed by atoms with Gasteiger partial charge in [-0.25, -0.2) is 9.97 Å². The van der Waals surface area contributed by atoms with E-state index in [2.05, 4.69) is 89.8 Å². The lowest BCUT2D eigenvalue weighted by molar-refractivity contribution is 0.477. The first-order chi connectivity index (χ1) is 18.8. The molecule has 8 rings (SSSR count). The predicted octanol–water partition coefficient (Wildman–Crippen LogP) is 9.18. The number of anilines is 3. The number of aromatic nitrogens is 2. The van der Waals surface area contributed by atoms with Crippen molar-refractivity contribution in [2.45, 2.75) is 0 Å². The Hall–Kier alpha value is -5.22. The van der Waals surface area contributed by atoms with Gasteiger partial charge in [-0.05, 0) is 47.2 Å². The van der Waals surface area contributed by atoms with E-state index in [1.807, 2.05) is 42.6 Å². The van der Waals surface area contributed by atoms with E-state index in [-0.39, 0.29) is 0 Å². The van der Waals surface area contributed by atoms with Crippen LogP contribution in [0.3, 0.4) is 0 Å². The summed E-state index contributed by atoms with van der Waals surface area (Å²) in [5, 5.41) is 5.57. The fourth-order valence-corrected chi connectivity index (χ4v) is 5.53. The largest absolute Gasteiger partial charge is 0.453 e. The van der Waals surface area contributed by atoms with Crippen LogP contribution in [-0.4, -0.2) is 9.97 Å². The molecule has 0 saturated carbocycles. The Morgan fingerprint density at radius 2 is 1.13 bits per heavy atom. The van der Waals surface area contributed by atoms with Crippen molar-refractivity contribution in [1.82, 2.24) is 9.97 Å². The van der Waals surface area contributed by atoms with Gasteiger partial charge in [0.15, 0.2) is 17.3 Å². The number of fused-ring (bicyclic) bond motifs is 6. The third-order valence-electron chi connectivity index (χ3n) is 7.29. The highest BCUT2D eigenvalue weighted by molar-refractivity contribution is 6.08. The zero-order valence-corrected chi connectivity index (χ0v) is 20.4. The molecule has 0 amide bonds. The van der Waals surface area contributed by atoms with Gasteiger partial charge in [0.05, 0.1) is 22.6 Å². The maximum absolute atomic E-state index is 6.25. The van der Waals surface area contributed by atoms with E-state index in [4.69, 9.17) is 14.7 Å². The Balaban J connectivity index is 1.37. The second-order valence-corrected chi connectivity index (χ2v) is 9.47. The summed E-state index contributed by atoms with van der Waals surface area (Å²) >= 11 is 0. The summed E-state index contributed by atoms with van der Waals surface area (Å²) in [5.74, 6) is 2.40. The van der Waals surface area contributed by atoms with Crippen LogP contribution in [0.1, 0.15) is 0 Å². The van der Waals surface area contributed by atoms with Gasteiger partial charge in [-0.15, -0.1) is 0 Å². The normalized spacial score (nSPS) is 12.4. The van der Waals surface area contributed by atoms with Crippen LogP contribution in [0.25, 0.3) is 43.8 Å². The minimum absolute atomic E-state index is 0.722. The van der Waals surface area contributed by atoms with Crippen LogP contribution in [0.2, 0.25) is 0 Å². The van der Waals surface area contributed by atoms with Crippen LogP contribution in [-0.2, 0) is 0 Å². The average Bonchev–Trinajstić information content (AvgIpc) is 2.99. The van der Waals surface area contributed by atoms with E-state index < -0.39 is 0 Å². The van der Waals surface area contributed by atoms with E-state index in [0.29, 0.717) is 0 Å². The lowest BCUT2D eigenvalue weighted by Crippen LogP contribution is -2.16. The number of para-hydroxylation sites is 4. The summed E-state index contributed by atoms with van der Waals surface area (Å²) in [6.07, 6.45) is 1.93. The number of hydrogen-bond acceptors (Lipinski definition) is 4. The highest BCUT2D eigenvalue weighted by Gasteiger charge is 2.27. The number of hydrogen-bond donors (Lipinski definition) is 0. The van der Waals surface area contributed by atoms with Crippen LogP contribution < -0.4 is 9.64 Å². The first-order valence-electron chi connectivity index (χ1n) is 12.7. The SMILES string of the molecule is c1ccc2c(c1)Oc1ccccc1N2c1ccc(-c2ncc3ccc4ccccc4c3n2)c2ccccc12. The summed E-state index contributed by atoms with van der Waals surface area (Å²) in [4.78, 5) is 12.2. The molecule has 0 fully saturated rings. The van der Waals surface area contributed by atoms with Gasteiger partial charge in [-0.2, -0.15) is 0 Å². The lowest BCUT2D eigenvalue weighted by atomic mass is 10.00. The Morgan fingerprint density at radius 3 is 1.92 bits per heavy atom. The molecule has 4 heteroatoms. The highest BCUT2D eigenvalue weighted by atomic mass is 16.5. The van der Waals surface area contributed by atoms with E-state index >= 15 is 0 Å². The van der Waals surface area contributed by atoms with Crippen molar-refractivity contribution in [3.05, 3.63) is 128 Å². The van der Waals surface area contributed by atoms with Crippen LogP contribution in [0.5, 0.6) is 11.5 Å². The molecule has 0 unspecified atom stereocenters. The molecule has 0 spiro atoms. The third kappa shape index (κ3) is 3.10. The van der Waals surface area contributed by atoms with Gasteiger partial charge in [-0.1, -0.05) is 84.9 Å². The molecule has 38 heavy (non-hydrogen) atoms. The monoisotopic (exact) mass is 487 g/mol. The lowest BCUT2D eigenvalue weighted by Gasteiger charge is -2.33. The Kier molecular flexibility index (Phi) is 4.49. The number of rotatable bonds is 2. The first-order valence-corrected chi connectivity index (χ1v) is 12.7. The van der Waals surface area contributed by atoms with Crippen molar-refractivity contribution in [3.8, 4) is 22.9 Å². The minimum atomic E-state index is 0.722. The second-order valence-electron chi connectivity index (χ2n) is 9.47. The molecule has 0 bridgehead atoms. The maximum atomic E-state index is 6.25. The average molecular weight is 488 g/mol. The molecule has 1 aliphatic rings. The van der Waals surface area contributed by atoms with Gasteiger partial charge in [0.2, 0.25) is 0 Å². The maximum Gasteiger partial charge on any atom is 0.160 e. The minimum Gasteiger partial charge on any atom is -0.453 e. The predicted molar refractivity (Wildman–Crippen MR) is 155 cm³/mol. The van der Waals surface area contributed by atoms with Gasteiger partial charge in [-0.3, -0.25) is 0 Å². The highest BCUT2D eigenvalue weighted by Crippen LogP contribution is 2.52. The molecule has 0 radical (unpaired) electrons. The van der Waals surface area contributed by atoms with Crippen molar-refractivity contribution in [2.24, 2.45) is 0 Å². The summed E-state index contributed by atoms with van der Waals surface area (Å²) in [5.41, 5.74) is 5.08. The molecule has 1 aromatic heterocycles. The van der Waals surface area contributed by atoms with Gasteiger partial charge in [0.25, 0.3) is 0 Å². The van der Waals surface area contributed by atoms with Crippen molar-refractivity contribution >= 4 is 49.5 Å². The summed E-state index contributed by atoms with van der Waals surface area (Å²) in [7, 11) is 0. The Morgan fingerprint density at radius 1 is 0.500 bits per heavy atom. The van der Waals surface area contributed by atoms with Crippen molar-refractivity contribution in [1.29, 1.82) is 0 Å². The molecule has 0 N–H and O–H groups in total. The van der Waals surface area contributed by atoms with E-state index in [1.54, 1.807) is 0 Å². The van der Waals surface area contributed by atoms with E-state index in [0.717, 1.165) is 67.0 Å². The molecule has 2 heterocycles. The molecule has 7 aromatic rings. The van der Waals surface area contributed by atoms with Crippen molar-refractivity contribution < 1.29 is 4.74 Å². The van der Waals surface area contributed by atoms with E-state index in [1.165, 1.54) is 5.39 Å². The zero-order chi connectivity index (χ0) is 25.1. The first kappa shape index (κ1) is 20.9. The van der Waals surface area contributed by atoms with Crippen molar-refractivity contribution in [3.63, 3.8) is 0 Å². The standard InChI is InChI=1S/C34H21N3O/c1-2-10-24-22(9-1)17-18-23-21-35-34(36-33(23)24)27-19-20-28(26-12-4-3-11-25(26)27)37-29-13-5-7-15-31(29)38-32-16-8-6-14-30(32)37/h1-21H. The molecule has 178 valence electrons. The van der Waals surface area contributed by atoms with Gasteiger partial charge >= 0.3 is 0 Å². The summed E-state index contributed by atoms with van der Waals surface area (Å²) in [6, 6.07) is 41.7. The zero-order valence-electron chi connectivity index (χ0n) is 20.4. The van der Waals surface area contributed by atoms with E-state index in [9.17, 15) is 0 Å². The van der Waals surface area contributed by atoms with Gasteiger partial charge in [0.1, 0.15) is 0 Å². The second kappa shape index (κ2) is 8.15. The molecular formula is C34H21N3O. The molecule has 0 atom stereocenters. The van der Waals surface area contributed by atoms with Gasteiger partial charge in [0, 0.05) is 27.9 Å². The molecule has 6 aromatic carbocycles. The smallest absolute Gasteiger partial charge is 0.160 e. The summed E-state index contributed by atoms with van der Waals surface area (Å²) in [6.45, 7) is 0. The fraction of sp³-hybridized carbons (Fsp3) is 0. The molecule has 1 aliphatic heterocycles. The van der Waals surface area contributed by atoms with Gasteiger partial charge < -0.3 is 9.64 Å². The molecule has 4 nitrogen and oxygen atoms in total. The number of benzene rings is 6. The third-order valence-corrected chi connectivity index (χ3v) is 7.29. The van der Waals surface area contributed by atoms with Crippen LogP contribution in [0.4, 0.5) is 17.1 Å². The molecule has 0 aliphatic carbocycles. The topological polar surface area (TPSA) is 38.2 Å². The quantitative estimate of drug-likeness (QED) is 0.228. The Bertz CT molecular complexity index is 1990. The summed E-state index contributed by atoms with van der Waals surface area (Å²) < 4.78 is 6.25. The number of nitrogens with zero attached hydrogens (tertiary/aromatic N) is 3. The fourth-order valence-electron chi connectivity index (χ4n) is 5.53. The van der Waals surface area contributed by atoms with Crippen molar-refractivity contribution in [2.75, 3.05) is 4.90 Å². The Labute approximate surface area is 219 Å². The molecule has 0 saturated heterocycles. The van der Waals surface area contributed by atoms with Crippen LogP contribution in [0.15, 0.2) is 128 Å². The number of ether oxygens (including phenoxy) is 1.